The van der Waals surface area contributed by atoms with Gasteiger partial charge in [-0.15, -0.1) is 0 Å². The van der Waals surface area contributed by atoms with E-state index in [9.17, 15) is 70.9 Å². The molecule has 0 aliphatic heterocycles. The molecule has 42 heavy (non-hydrogen) atoms. The molecule has 0 bridgehead atoms. The second-order valence-corrected chi connectivity index (χ2v) is 8.42. The molecule has 12 N–H and O–H groups in total. The maximum absolute atomic E-state index is 13.2. The third kappa shape index (κ3) is 4.49. The molecule has 0 radical (unpaired) electrons. The fourth-order valence-corrected chi connectivity index (χ4v) is 3.73. The third-order valence-corrected chi connectivity index (χ3v) is 5.84. The quantitative estimate of drug-likeness (QED) is 0.0484. The van der Waals surface area contributed by atoms with E-state index in [1.165, 1.54) is 0 Å². The van der Waals surface area contributed by atoms with E-state index in [1.54, 1.807) is 0 Å². The van der Waals surface area contributed by atoms with Crippen molar-refractivity contribution in [2.45, 2.75) is 0 Å². The Bertz CT molecular complexity index is 1790. The smallest absolute Gasteiger partial charge is 0.262 e. The minimum atomic E-state index is -1.50. The molecule has 0 aliphatic carbocycles. The van der Waals surface area contributed by atoms with E-state index >= 15 is 0 Å². The Hall–Kier alpha value is -6.58. The number of ketones is 2. The van der Waals surface area contributed by atoms with Crippen molar-refractivity contribution in [3.63, 3.8) is 0 Å². The van der Waals surface area contributed by atoms with E-state index < -0.39 is 114 Å². The van der Waals surface area contributed by atoms with Crippen LogP contribution in [-0.4, -0.2) is 72.8 Å². The van der Waals surface area contributed by atoms with Crippen LogP contribution >= 0.6 is 0 Å². The number of phenolic OH excluding ortho intramolecular Hbond substituents is 12. The zero-order chi connectivity index (χ0) is 31.2. The second kappa shape index (κ2) is 10.2. The number of hydrogen-bond donors (Lipinski definition) is 12. The Labute approximate surface area is 231 Å². The van der Waals surface area contributed by atoms with Crippen molar-refractivity contribution in [1.29, 1.82) is 0 Å². The summed E-state index contributed by atoms with van der Waals surface area (Å²) in [6.45, 7) is 0. The molecular weight excluding hydrogens is 568 g/mol. The molecule has 4 aromatic rings. The minimum absolute atomic E-state index is 0.487. The topological polar surface area (TPSA) is 295 Å². The van der Waals surface area contributed by atoms with Crippen LogP contribution in [0.2, 0.25) is 0 Å². The van der Waals surface area contributed by atoms with Gasteiger partial charge >= 0.3 is 0 Å². The molecule has 218 valence electrons. The highest BCUT2D eigenvalue weighted by molar-refractivity contribution is 6.16. The number of carbonyl (C=O) groups is 2. The van der Waals surface area contributed by atoms with E-state index in [0.717, 1.165) is 24.3 Å². The molecule has 0 heterocycles. The van der Waals surface area contributed by atoms with Gasteiger partial charge in [-0.05, 0) is 24.3 Å². The first kappa shape index (κ1) is 28.4. The number of carbonyl (C=O) groups excluding carboxylic acids is 2. The first-order valence-corrected chi connectivity index (χ1v) is 11.1. The van der Waals surface area contributed by atoms with Crippen molar-refractivity contribution in [2.24, 2.45) is 0 Å². The van der Waals surface area contributed by atoms with Gasteiger partial charge in [-0.1, -0.05) is 0 Å². The molecular formula is C26H18O16. The molecule has 16 nitrogen and oxygen atoms in total. The predicted molar refractivity (Wildman–Crippen MR) is 134 cm³/mol. The van der Waals surface area contributed by atoms with Crippen molar-refractivity contribution in [3.05, 3.63) is 58.7 Å². The predicted octanol–water partition coefficient (Wildman–Crippen LogP) is 1.99. The van der Waals surface area contributed by atoms with Crippen LogP contribution in [0.1, 0.15) is 31.8 Å². The van der Waals surface area contributed by atoms with Crippen LogP contribution < -0.4 is 9.78 Å². The summed E-state index contributed by atoms with van der Waals surface area (Å²) in [6.07, 6.45) is 0. The Morgan fingerprint density at radius 3 is 1.48 bits per heavy atom. The highest BCUT2D eigenvalue weighted by Gasteiger charge is 2.32. The molecule has 0 aromatic heterocycles. The Morgan fingerprint density at radius 2 is 0.929 bits per heavy atom. The van der Waals surface area contributed by atoms with Gasteiger partial charge in [-0.25, -0.2) is 0 Å². The zero-order valence-electron chi connectivity index (χ0n) is 20.5. The number of phenols is 12. The van der Waals surface area contributed by atoms with Gasteiger partial charge in [0.05, 0.1) is 5.56 Å². The molecule has 0 amide bonds. The highest BCUT2D eigenvalue weighted by atomic mass is 17.2. The Kier molecular flexibility index (Phi) is 6.90. The van der Waals surface area contributed by atoms with E-state index in [4.69, 9.17) is 9.78 Å². The fraction of sp³-hybridized carbons (Fsp3) is 0. The summed E-state index contributed by atoms with van der Waals surface area (Å²) in [6, 6.07) is 4.22. The SMILES string of the molecule is O=C(c1ccc(O)c(OOc2ccc(O)c(O)c2C(=O)c2c(O)cc(O)c(O)c2O)c1O)c1c(O)cc(O)c(O)c1O. The molecule has 4 rings (SSSR count). The van der Waals surface area contributed by atoms with Crippen molar-refractivity contribution in [3.8, 4) is 80.5 Å². The lowest BCUT2D eigenvalue weighted by molar-refractivity contribution is -0.104. The summed E-state index contributed by atoms with van der Waals surface area (Å²) in [7, 11) is 0. The lowest BCUT2D eigenvalue weighted by atomic mass is 9.98. The number of hydrogen-bond acceptors (Lipinski definition) is 16. The fourth-order valence-electron chi connectivity index (χ4n) is 3.73. The summed E-state index contributed by atoms with van der Waals surface area (Å²) in [4.78, 5) is 36.0. The second-order valence-electron chi connectivity index (χ2n) is 8.42. The third-order valence-electron chi connectivity index (χ3n) is 5.84. The molecule has 0 spiro atoms. The van der Waals surface area contributed by atoms with Gasteiger partial charge in [-0.2, -0.15) is 0 Å². The molecule has 4 aromatic carbocycles. The average Bonchev–Trinajstić information content (AvgIpc) is 2.92. The monoisotopic (exact) mass is 586 g/mol. The molecule has 0 saturated heterocycles. The highest BCUT2D eigenvalue weighted by Crippen LogP contribution is 2.48. The normalized spacial score (nSPS) is 10.8. The summed E-state index contributed by atoms with van der Waals surface area (Å²) in [5.74, 6) is -17.8. The molecule has 0 saturated carbocycles. The largest absolute Gasteiger partial charge is 0.507 e. The molecule has 0 fully saturated rings. The van der Waals surface area contributed by atoms with Gasteiger partial charge in [-0.3, -0.25) is 19.4 Å². The molecule has 16 heteroatoms. The van der Waals surface area contributed by atoms with Crippen molar-refractivity contribution in [1.82, 2.24) is 0 Å². The standard InChI is InChI=1S/C26H18O16/c27-8-3-4-14(17(20(8)35)23(38)16-11(30)6-13(32)22(37)25(16)40)41-42-26-9(28)2-1-7(19(26)34)18(33)15-10(29)5-12(31)21(36)24(15)39/h1-6,27-32,34-37,39-40H. The summed E-state index contributed by atoms with van der Waals surface area (Å²) >= 11 is 0. The maximum Gasteiger partial charge on any atom is 0.262 e. The molecule has 0 unspecified atom stereocenters. The van der Waals surface area contributed by atoms with Crippen molar-refractivity contribution < 1.29 is 80.6 Å². The van der Waals surface area contributed by atoms with Gasteiger partial charge < -0.3 is 61.3 Å². The summed E-state index contributed by atoms with van der Waals surface area (Å²) in [5.41, 5.74) is -3.80. The van der Waals surface area contributed by atoms with Crippen LogP contribution in [-0.2, 0) is 0 Å². The van der Waals surface area contributed by atoms with E-state index in [2.05, 4.69) is 0 Å². The average molecular weight is 586 g/mol. The van der Waals surface area contributed by atoms with Gasteiger partial charge in [0, 0.05) is 12.1 Å². The van der Waals surface area contributed by atoms with E-state index in [1.807, 2.05) is 0 Å². The van der Waals surface area contributed by atoms with Crippen LogP contribution in [0.5, 0.6) is 80.5 Å². The minimum Gasteiger partial charge on any atom is -0.507 e. The van der Waals surface area contributed by atoms with Gasteiger partial charge in [0.1, 0.15) is 28.2 Å². The lowest BCUT2D eigenvalue weighted by Gasteiger charge is -2.16. The molecule has 0 atom stereocenters. The Morgan fingerprint density at radius 1 is 0.429 bits per heavy atom. The van der Waals surface area contributed by atoms with Gasteiger partial charge in [0.25, 0.3) is 5.75 Å². The summed E-state index contributed by atoms with van der Waals surface area (Å²) in [5, 5.41) is 120. The zero-order valence-corrected chi connectivity index (χ0v) is 20.5. The van der Waals surface area contributed by atoms with Crippen LogP contribution in [0.3, 0.4) is 0 Å². The number of rotatable bonds is 7. The number of benzene rings is 4. The lowest BCUT2D eigenvalue weighted by Crippen LogP contribution is -2.10. The molecule has 0 aliphatic rings. The maximum atomic E-state index is 13.2. The van der Waals surface area contributed by atoms with Crippen molar-refractivity contribution >= 4 is 11.6 Å². The van der Waals surface area contributed by atoms with Crippen LogP contribution in [0.4, 0.5) is 0 Å². The first-order valence-electron chi connectivity index (χ1n) is 11.1. The van der Waals surface area contributed by atoms with E-state index in [-0.39, 0.29) is 0 Å². The van der Waals surface area contributed by atoms with Gasteiger partial charge in [0.15, 0.2) is 51.7 Å². The van der Waals surface area contributed by atoms with Crippen LogP contribution in [0.15, 0.2) is 36.4 Å². The van der Waals surface area contributed by atoms with Crippen molar-refractivity contribution in [2.75, 3.05) is 0 Å². The van der Waals surface area contributed by atoms with E-state index in [0.29, 0.717) is 12.1 Å². The first-order chi connectivity index (χ1) is 19.7. The van der Waals surface area contributed by atoms with Gasteiger partial charge in [0.2, 0.25) is 23.1 Å². The van der Waals surface area contributed by atoms with Crippen LogP contribution in [0, 0.1) is 0 Å². The summed E-state index contributed by atoms with van der Waals surface area (Å²) < 4.78 is 0. The number of aromatic hydroxyl groups is 12. The van der Waals surface area contributed by atoms with Crippen LogP contribution in [0.25, 0.3) is 0 Å². The Balaban J connectivity index is 1.76.